The number of nitrogens with zero attached hydrogens (tertiary/aromatic N) is 3. The third-order valence-corrected chi connectivity index (χ3v) is 3.81. The van der Waals surface area contributed by atoms with Gasteiger partial charge in [0.1, 0.15) is 0 Å². The number of pyridine rings is 1. The smallest absolute Gasteiger partial charge is 0.338 e. The number of amides is 1. The molecule has 1 N–H and O–H groups in total. The molecular weight excluding hydrogens is 360 g/mol. The maximum absolute atomic E-state index is 12.1. The number of aryl methyl sites for hydroxylation is 1. The highest BCUT2D eigenvalue weighted by atomic mass is 16.5. The number of aromatic nitrogens is 3. The van der Waals surface area contributed by atoms with E-state index in [1.54, 1.807) is 48.8 Å². The summed E-state index contributed by atoms with van der Waals surface area (Å²) in [5.74, 6) is 0.283. The molecule has 0 saturated heterocycles. The van der Waals surface area contributed by atoms with E-state index < -0.39 is 0 Å². The lowest BCUT2D eigenvalue weighted by molar-refractivity contribution is -0.116. The lowest BCUT2D eigenvalue weighted by Crippen LogP contribution is -2.13. The molecule has 0 aliphatic heterocycles. The van der Waals surface area contributed by atoms with Crippen molar-refractivity contribution >= 4 is 17.6 Å². The predicted molar refractivity (Wildman–Crippen MR) is 101 cm³/mol. The van der Waals surface area contributed by atoms with Gasteiger partial charge in [0.25, 0.3) is 0 Å². The van der Waals surface area contributed by atoms with Crippen molar-refractivity contribution in [1.82, 2.24) is 15.1 Å². The van der Waals surface area contributed by atoms with E-state index in [2.05, 4.69) is 20.4 Å². The zero-order valence-corrected chi connectivity index (χ0v) is 15.4. The summed E-state index contributed by atoms with van der Waals surface area (Å²) < 4.78 is 10.2. The summed E-state index contributed by atoms with van der Waals surface area (Å²) in [6.07, 6.45) is 4.58. The summed E-state index contributed by atoms with van der Waals surface area (Å²) in [6.45, 7) is 2.32. The van der Waals surface area contributed by atoms with E-state index in [9.17, 15) is 9.59 Å². The van der Waals surface area contributed by atoms with Gasteiger partial charge in [0.05, 0.1) is 12.2 Å². The number of carbonyl (C=O) groups excluding carboxylic acids is 2. The lowest BCUT2D eigenvalue weighted by atomic mass is 10.2. The van der Waals surface area contributed by atoms with E-state index in [0.717, 1.165) is 12.0 Å². The molecular formula is C20H20N4O4. The molecule has 1 amide bonds. The number of esters is 1. The van der Waals surface area contributed by atoms with Crippen molar-refractivity contribution in [3.63, 3.8) is 0 Å². The Labute approximate surface area is 161 Å². The van der Waals surface area contributed by atoms with Crippen LogP contribution in [0.15, 0.2) is 53.3 Å². The number of ether oxygens (including phenoxy) is 1. The first-order valence-corrected chi connectivity index (χ1v) is 8.95. The van der Waals surface area contributed by atoms with Crippen LogP contribution in [0.2, 0.25) is 0 Å². The summed E-state index contributed by atoms with van der Waals surface area (Å²) in [5.41, 5.74) is 1.84. The summed E-state index contributed by atoms with van der Waals surface area (Å²) in [4.78, 5) is 32.1. The molecule has 1 aromatic carbocycles. The summed E-state index contributed by atoms with van der Waals surface area (Å²) >= 11 is 0. The number of hydrogen-bond donors (Lipinski definition) is 1. The molecule has 8 nitrogen and oxygen atoms in total. The highest BCUT2D eigenvalue weighted by Crippen LogP contribution is 2.15. The monoisotopic (exact) mass is 380 g/mol. The van der Waals surface area contributed by atoms with Gasteiger partial charge < -0.3 is 14.6 Å². The Morgan fingerprint density at radius 3 is 2.57 bits per heavy atom. The fourth-order valence-corrected chi connectivity index (χ4v) is 2.39. The van der Waals surface area contributed by atoms with Crippen molar-refractivity contribution in [3.8, 4) is 11.4 Å². The van der Waals surface area contributed by atoms with Gasteiger partial charge in [0.2, 0.25) is 17.6 Å². The highest BCUT2D eigenvalue weighted by molar-refractivity contribution is 5.93. The van der Waals surface area contributed by atoms with Crippen LogP contribution in [0.3, 0.4) is 0 Å². The zero-order valence-electron chi connectivity index (χ0n) is 15.4. The zero-order chi connectivity index (χ0) is 19.8. The molecule has 2 heterocycles. The Balaban J connectivity index is 1.49. The number of rotatable bonds is 8. The number of carbonyl (C=O) groups is 2. The van der Waals surface area contributed by atoms with E-state index >= 15 is 0 Å². The molecule has 0 radical (unpaired) electrons. The summed E-state index contributed by atoms with van der Waals surface area (Å²) in [6, 6.07) is 10.1. The van der Waals surface area contributed by atoms with Gasteiger partial charge in [-0.05, 0) is 42.8 Å². The Hall–Kier alpha value is -3.55. The number of hydrogen-bond acceptors (Lipinski definition) is 7. The van der Waals surface area contributed by atoms with E-state index in [0.29, 0.717) is 36.0 Å². The quantitative estimate of drug-likeness (QED) is 0.598. The van der Waals surface area contributed by atoms with Crippen LogP contribution in [0.1, 0.15) is 36.0 Å². The van der Waals surface area contributed by atoms with Gasteiger partial charge in [-0.1, -0.05) is 12.1 Å². The Kier molecular flexibility index (Phi) is 6.46. The lowest BCUT2D eigenvalue weighted by Gasteiger charge is -2.06. The molecule has 0 atom stereocenters. The van der Waals surface area contributed by atoms with Crippen molar-refractivity contribution in [1.29, 1.82) is 0 Å². The minimum atomic E-state index is -0.374. The maximum atomic E-state index is 12.1. The van der Waals surface area contributed by atoms with Crippen molar-refractivity contribution in [3.05, 3.63) is 60.2 Å². The summed E-state index contributed by atoms with van der Waals surface area (Å²) in [7, 11) is 0. The minimum Gasteiger partial charge on any atom is -0.462 e. The molecule has 3 aromatic rings. The molecule has 0 aliphatic rings. The van der Waals surface area contributed by atoms with Crippen molar-refractivity contribution < 1.29 is 18.8 Å². The van der Waals surface area contributed by atoms with Crippen molar-refractivity contribution in [2.75, 3.05) is 11.9 Å². The average Bonchev–Trinajstić information content (AvgIpc) is 3.21. The Morgan fingerprint density at radius 1 is 1.11 bits per heavy atom. The van der Waals surface area contributed by atoms with E-state index in [1.165, 1.54) is 0 Å². The van der Waals surface area contributed by atoms with Crippen molar-refractivity contribution in [2.24, 2.45) is 0 Å². The Bertz CT molecular complexity index is 923. The van der Waals surface area contributed by atoms with E-state index in [-0.39, 0.29) is 18.3 Å². The molecule has 3 rings (SSSR count). The van der Waals surface area contributed by atoms with Gasteiger partial charge in [-0.15, -0.1) is 0 Å². The molecule has 0 unspecified atom stereocenters. The van der Waals surface area contributed by atoms with Crippen LogP contribution in [0, 0.1) is 0 Å². The van der Waals surface area contributed by atoms with Crippen LogP contribution in [0.25, 0.3) is 11.4 Å². The summed E-state index contributed by atoms with van der Waals surface area (Å²) in [5, 5.41) is 6.68. The Morgan fingerprint density at radius 2 is 1.86 bits per heavy atom. The number of benzene rings is 1. The van der Waals surface area contributed by atoms with Crippen molar-refractivity contribution in [2.45, 2.75) is 26.2 Å². The molecule has 28 heavy (non-hydrogen) atoms. The van der Waals surface area contributed by atoms with Crippen LogP contribution in [-0.2, 0) is 16.0 Å². The minimum absolute atomic E-state index is 0.190. The van der Waals surface area contributed by atoms with Gasteiger partial charge in [-0.25, -0.2) is 4.79 Å². The van der Waals surface area contributed by atoms with Crippen LogP contribution < -0.4 is 5.32 Å². The molecule has 0 saturated carbocycles. The van der Waals surface area contributed by atoms with Crippen LogP contribution in [0.4, 0.5) is 5.69 Å². The SMILES string of the molecule is CCCOC(=O)c1ccc(NC(=O)CCc2nc(-c3ccncc3)no2)cc1. The molecule has 0 fully saturated rings. The second-order valence-corrected chi connectivity index (χ2v) is 6.01. The standard InChI is InChI=1S/C20H20N4O4/c1-2-13-27-20(26)15-3-5-16(6-4-15)22-17(25)7-8-18-23-19(24-28-18)14-9-11-21-12-10-14/h3-6,9-12H,2,7-8,13H2,1H3,(H,22,25). The molecule has 0 bridgehead atoms. The maximum Gasteiger partial charge on any atom is 0.338 e. The fourth-order valence-electron chi connectivity index (χ4n) is 2.39. The predicted octanol–water partition coefficient (Wildman–Crippen LogP) is 3.27. The molecule has 144 valence electrons. The van der Waals surface area contributed by atoms with E-state index in [4.69, 9.17) is 9.26 Å². The van der Waals surface area contributed by atoms with Crippen LogP contribution >= 0.6 is 0 Å². The van der Waals surface area contributed by atoms with Gasteiger partial charge in [0, 0.05) is 36.5 Å². The van der Waals surface area contributed by atoms with Gasteiger partial charge in [-0.2, -0.15) is 4.98 Å². The fraction of sp³-hybridized carbons (Fsp3) is 0.250. The largest absolute Gasteiger partial charge is 0.462 e. The normalized spacial score (nSPS) is 10.5. The topological polar surface area (TPSA) is 107 Å². The first-order valence-electron chi connectivity index (χ1n) is 8.95. The molecule has 0 aliphatic carbocycles. The number of nitrogens with one attached hydrogen (secondary N) is 1. The first kappa shape index (κ1) is 19.2. The van der Waals surface area contributed by atoms with Gasteiger partial charge >= 0.3 is 5.97 Å². The number of anilines is 1. The van der Waals surface area contributed by atoms with E-state index in [1.807, 2.05) is 6.92 Å². The third-order valence-electron chi connectivity index (χ3n) is 3.81. The second-order valence-electron chi connectivity index (χ2n) is 6.01. The molecule has 8 heteroatoms. The molecule has 0 spiro atoms. The average molecular weight is 380 g/mol. The second kappa shape index (κ2) is 9.40. The van der Waals surface area contributed by atoms with Gasteiger partial charge in [0.15, 0.2) is 0 Å². The molecule has 2 aromatic heterocycles. The van der Waals surface area contributed by atoms with Crippen LogP contribution in [0.5, 0.6) is 0 Å². The first-order chi connectivity index (χ1) is 13.7. The van der Waals surface area contributed by atoms with Gasteiger partial charge in [-0.3, -0.25) is 9.78 Å². The van der Waals surface area contributed by atoms with Crippen LogP contribution in [-0.4, -0.2) is 33.6 Å². The highest BCUT2D eigenvalue weighted by Gasteiger charge is 2.11. The third kappa shape index (κ3) is 5.23.